The molecule has 0 radical (unpaired) electrons. The minimum absolute atomic E-state index is 0.539. The molecule has 4 nitrogen and oxygen atoms in total. The molecule has 0 atom stereocenters. The molecule has 0 aromatic carbocycles. The summed E-state index contributed by atoms with van der Waals surface area (Å²) in [6.07, 6.45) is 2.40. The van der Waals surface area contributed by atoms with Crippen molar-refractivity contribution in [3.05, 3.63) is 22.8 Å². The van der Waals surface area contributed by atoms with Gasteiger partial charge in [0.2, 0.25) is 0 Å². The Morgan fingerprint density at radius 2 is 2.06 bits per heavy atom. The number of pyridine rings is 1. The maximum atomic E-state index is 6.14. The molecule has 1 saturated heterocycles. The first-order valence-electron chi connectivity index (χ1n) is 6.36. The third kappa shape index (κ3) is 3.34. The van der Waals surface area contributed by atoms with E-state index >= 15 is 0 Å². The molecule has 0 bridgehead atoms. The molecule has 1 aliphatic rings. The van der Waals surface area contributed by atoms with Crippen molar-refractivity contribution in [2.45, 2.75) is 25.4 Å². The minimum atomic E-state index is 0.539. The lowest BCUT2D eigenvalue weighted by molar-refractivity contribution is 0.139. The van der Waals surface area contributed by atoms with Gasteiger partial charge < -0.3 is 10.6 Å². The smallest absolute Gasteiger partial charge is 0.123 e. The van der Waals surface area contributed by atoms with Crippen LogP contribution in [0.2, 0.25) is 5.02 Å². The number of piperidine rings is 1. The molecule has 0 aliphatic carbocycles. The van der Waals surface area contributed by atoms with Crippen LogP contribution in [0.4, 0.5) is 5.82 Å². The summed E-state index contributed by atoms with van der Waals surface area (Å²) in [6.45, 7) is 2.98. The number of hydrogen-bond acceptors (Lipinski definition) is 4. The Morgan fingerprint density at radius 3 is 2.67 bits per heavy atom. The van der Waals surface area contributed by atoms with E-state index in [9.17, 15) is 0 Å². The third-order valence-corrected chi connectivity index (χ3v) is 3.95. The van der Waals surface area contributed by atoms with Crippen molar-refractivity contribution in [3.8, 4) is 0 Å². The molecule has 100 valence electrons. The van der Waals surface area contributed by atoms with Crippen molar-refractivity contribution in [2.24, 2.45) is 0 Å². The standard InChI is InChI=1S/C13H21ClN4/c1-17(2)10-5-7-18(8-6-10)9-12-11(14)3-4-13(15)16-12/h3-4,10H,5-9H2,1-2H3,(H2,15,16). The zero-order valence-electron chi connectivity index (χ0n) is 11.1. The van der Waals surface area contributed by atoms with E-state index in [0.717, 1.165) is 25.3 Å². The molecule has 1 aromatic heterocycles. The highest BCUT2D eigenvalue weighted by Gasteiger charge is 2.21. The monoisotopic (exact) mass is 268 g/mol. The number of nitrogens with zero attached hydrogens (tertiary/aromatic N) is 3. The number of nitrogen functional groups attached to an aromatic ring is 1. The number of likely N-dealkylation sites (tertiary alicyclic amines) is 1. The van der Waals surface area contributed by atoms with E-state index in [1.807, 2.05) is 6.07 Å². The zero-order chi connectivity index (χ0) is 13.1. The number of halogens is 1. The highest BCUT2D eigenvalue weighted by Crippen LogP contribution is 2.20. The first-order valence-corrected chi connectivity index (χ1v) is 6.73. The quantitative estimate of drug-likeness (QED) is 0.909. The molecular weight excluding hydrogens is 248 g/mol. The second-order valence-corrected chi connectivity index (χ2v) is 5.54. The molecule has 18 heavy (non-hydrogen) atoms. The second kappa shape index (κ2) is 5.87. The van der Waals surface area contributed by atoms with Gasteiger partial charge in [0, 0.05) is 25.7 Å². The third-order valence-electron chi connectivity index (χ3n) is 3.60. The summed E-state index contributed by atoms with van der Waals surface area (Å²) in [5.74, 6) is 0.539. The number of anilines is 1. The average Bonchev–Trinajstić information content (AvgIpc) is 2.34. The summed E-state index contributed by atoms with van der Waals surface area (Å²) in [6, 6.07) is 4.26. The van der Waals surface area contributed by atoms with Crippen LogP contribution in [-0.2, 0) is 6.54 Å². The van der Waals surface area contributed by atoms with Crippen LogP contribution in [0, 0.1) is 0 Å². The van der Waals surface area contributed by atoms with Gasteiger partial charge in [-0.3, -0.25) is 4.90 Å². The molecule has 1 fully saturated rings. The molecule has 1 aliphatic heterocycles. The molecule has 2 N–H and O–H groups in total. The Hall–Kier alpha value is -0.840. The summed E-state index contributed by atoms with van der Waals surface area (Å²) in [5, 5.41) is 0.707. The highest BCUT2D eigenvalue weighted by atomic mass is 35.5. The molecule has 0 amide bonds. The van der Waals surface area contributed by atoms with Gasteiger partial charge in [-0.15, -0.1) is 0 Å². The van der Waals surface area contributed by atoms with Gasteiger partial charge in [-0.05, 0) is 39.1 Å². The van der Waals surface area contributed by atoms with Crippen LogP contribution in [0.1, 0.15) is 18.5 Å². The SMILES string of the molecule is CN(C)C1CCN(Cc2nc(N)ccc2Cl)CC1. The maximum Gasteiger partial charge on any atom is 0.123 e. The van der Waals surface area contributed by atoms with Crippen LogP contribution in [0.3, 0.4) is 0 Å². The fourth-order valence-corrected chi connectivity index (χ4v) is 2.58. The average molecular weight is 269 g/mol. The molecule has 1 aromatic rings. The van der Waals surface area contributed by atoms with Gasteiger partial charge in [0.05, 0.1) is 10.7 Å². The number of rotatable bonds is 3. The topological polar surface area (TPSA) is 45.4 Å². The Labute approximate surface area is 114 Å². The van der Waals surface area contributed by atoms with E-state index in [0.29, 0.717) is 16.9 Å². The molecule has 2 rings (SSSR count). The zero-order valence-corrected chi connectivity index (χ0v) is 11.8. The van der Waals surface area contributed by atoms with E-state index in [1.165, 1.54) is 12.8 Å². The van der Waals surface area contributed by atoms with Gasteiger partial charge in [-0.25, -0.2) is 4.98 Å². The first kappa shape index (κ1) is 13.6. The summed E-state index contributed by atoms with van der Waals surface area (Å²) >= 11 is 6.14. The number of hydrogen-bond donors (Lipinski definition) is 1. The van der Waals surface area contributed by atoms with Crippen LogP contribution in [0.5, 0.6) is 0 Å². The van der Waals surface area contributed by atoms with Gasteiger partial charge in [-0.1, -0.05) is 11.6 Å². The molecule has 0 unspecified atom stereocenters. The molecule has 0 spiro atoms. The Kier molecular flexibility index (Phi) is 4.43. The summed E-state index contributed by atoms with van der Waals surface area (Å²) in [4.78, 5) is 9.02. The fraction of sp³-hybridized carbons (Fsp3) is 0.615. The van der Waals surface area contributed by atoms with E-state index in [1.54, 1.807) is 6.07 Å². The fourth-order valence-electron chi connectivity index (χ4n) is 2.42. The van der Waals surface area contributed by atoms with Gasteiger partial charge >= 0.3 is 0 Å². The lowest BCUT2D eigenvalue weighted by atomic mass is 10.0. The van der Waals surface area contributed by atoms with E-state index in [4.69, 9.17) is 17.3 Å². The lowest BCUT2D eigenvalue weighted by Gasteiger charge is -2.35. The Bertz CT molecular complexity index is 400. The van der Waals surface area contributed by atoms with Crippen molar-refractivity contribution in [1.82, 2.24) is 14.8 Å². The highest BCUT2D eigenvalue weighted by molar-refractivity contribution is 6.31. The van der Waals surface area contributed by atoms with Crippen LogP contribution in [0.25, 0.3) is 0 Å². The van der Waals surface area contributed by atoms with Gasteiger partial charge in [0.15, 0.2) is 0 Å². The second-order valence-electron chi connectivity index (χ2n) is 5.14. The summed E-state index contributed by atoms with van der Waals surface area (Å²) < 4.78 is 0. The number of aromatic nitrogens is 1. The summed E-state index contributed by atoms with van der Waals surface area (Å²) in [7, 11) is 4.30. The van der Waals surface area contributed by atoms with Crippen molar-refractivity contribution in [3.63, 3.8) is 0 Å². The molecule has 2 heterocycles. The van der Waals surface area contributed by atoms with Crippen LogP contribution < -0.4 is 5.73 Å². The predicted molar refractivity (Wildman–Crippen MR) is 75.6 cm³/mol. The maximum absolute atomic E-state index is 6.14. The van der Waals surface area contributed by atoms with Crippen molar-refractivity contribution < 1.29 is 0 Å². The molecular formula is C13H21ClN4. The Morgan fingerprint density at radius 1 is 1.39 bits per heavy atom. The molecule has 5 heteroatoms. The van der Waals surface area contributed by atoms with Crippen LogP contribution >= 0.6 is 11.6 Å². The normalized spacial score (nSPS) is 18.4. The minimum Gasteiger partial charge on any atom is -0.384 e. The first-order chi connectivity index (χ1) is 8.56. The van der Waals surface area contributed by atoms with Crippen molar-refractivity contribution in [1.29, 1.82) is 0 Å². The number of nitrogens with two attached hydrogens (primary N) is 1. The molecule has 0 saturated carbocycles. The van der Waals surface area contributed by atoms with Gasteiger partial charge in [0.25, 0.3) is 0 Å². The van der Waals surface area contributed by atoms with E-state index < -0.39 is 0 Å². The van der Waals surface area contributed by atoms with Gasteiger partial charge in [0.1, 0.15) is 5.82 Å². The van der Waals surface area contributed by atoms with Crippen molar-refractivity contribution >= 4 is 17.4 Å². The Balaban J connectivity index is 1.93. The van der Waals surface area contributed by atoms with Crippen LogP contribution in [-0.4, -0.2) is 48.0 Å². The van der Waals surface area contributed by atoms with E-state index in [2.05, 4.69) is 28.9 Å². The summed E-state index contributed by atoms with van der Waals surface area (Å²) in [5.41, 5.74) is 6.59. The predicted octanol–water partition coefficient (Wildman–Crippen LogP) is 1.84. The van der Waals surface area contributed by atoms with E-state index in [-0.39, 0.29) is 0 Å². The van der Waals surface area contributed by atoms with Gasteiger partial charge in [-0.2, -0.15) is 0 Å². The van der Waals surface area contributed by atoms with Crippen molar-refractivity contribution in [2.75, 3.05) is 32.9 Å². The van der Waals surface area contributed by atoms with Crippen LogP contribution in [0.15, 0.2) is 12.1 Å². The largest absolute Gasteiger partial charge is 0.384 e. The lowest BCUT2D eigenvalue weighted by Crippen LogP contribution is -2.41.